The molecule has 35 heavy (non-hydrogen) atoms. The molecule has 1 aromatic heterocycles. The molecule has 1 atom stereocenters. The number of hydrogen-bond donors (Lipinski definition) is 1. The molecule has 0 bridgehead atoms. The molecule has 0 amide bonds. The molecule has 0 spiro atoms. The maximum Gasteiger partial charge on any atom is 0.338 e. The zero-order chi connectivity index (χ0) is 24.0. The number of ether oxygens (including phenoxy) is 2. The predicted molar refractivity (Wildman–Crippen MR) is 123 cm³/mol. The Labute approximate surface area is 208 Å². The Morgan fingerprint density at radius 1 is 1.11 bits per heavy atom. The number of allylic oxidation sites excluding steroid dienone is 1. The van der Waals surface area contributed by atoms with Crippen LogP contribution in [0.3, 0.4) is 0 Å². The number of aromatic nitrogens is 1. The number of rotatable bonds is 5. The molecule has 0 radical (unpaired) electrons. The quantitative estimate of drug-likeness (QED) is 0.619. The van der Waals surface area contributed by atoms with Crippen molar-refractivity contribution in [3.63, 3.8) is 0 Å². The molecule has 1 aromatic carbocycles. The molecular formula is C25H19ClFN3O4S. The molecule has 2 aromatic rings. The van der Waals surface area contributed by atoms with Crippen molar-refractivity contribution in [2.24, 2.45) is 51.3 Å². The second kappa shape index (κ2) is 6.13. The van der Waals surface area contributed by atoms with E-state index >= 15 is 0 Å². The molecule has 1 N–H and O–H groups in total. The molecule has 6 saturated carbocycles. The Bertz CT molecular complexity index is 1380. The minimum Gasteiger partial charge on any atom is -0.469 e. The van der Waals surface area contributed by atoms with Crippen molar-refractivity contribution < 1.29 is 23.5 Å². The van der Waals surface area contributed by atoms with Crippen molar-refractivity contribution in [3.05, 3.63) is 62.5 Å². The van der Waals surface area contributed by atoms with Gasteiger partial charge in [-0.2, -0.15) is 0 Å². The van der Waals surface area contributed by atoms with Crippen molar-refractivity contribution in [1.29, 1.82) is 0 Å². The van der Waals surface area contributed by atoms with Gasteiger partial charge >= 0.3 is 11.9 Å². The van der Waals surface area contributed by atoms with Crippen LogP contribution < -0.4 is 5.32 Å². The van der Waals surface area contributed by atoms with Crippen LogP contribution in [0.1, 0.15) is 16.6 Å². The zero-order valence-electron chi connectivity index (χ0n) is 18.6. The Kier molecular flexibility index (Phi) is 3.57. The smallest absolute Gasteiger partial charge is 0.338 e. The number of nitrogens with zero attached hydrogens (tertiary/aromatic N) is 2. The number of carbonyl (C=O) groups is 2. The number of amidine groups is 1. The van der Waals surface area contributed by atoms with E-state index in [1.807, 2.05) is 5.38 Å². The van der Waals surface area contributed by atoms with Crippen molar-refractivity contribution >= 4 is 40.7 Å². The van der Waals surface area contributed by atoms with Crippen LogP contribution in [0.5, 0.6) is 0 Å². The van der Waals surface area contributed by atoms with E-state index in [2.05, 4.69) is 10.3 Å². The third-order valence-electron chi connectivity index (χ3n) is 9.94. The second-order valence-electron chi connectivity index (χ2n) is 10.3. The van der Waals surface area contributed by atoms with E-state index in [0.29, 0.717) is 57.5 Å². The monoisotopic (exact) mass is 511 g/mol. The minimum atomic E-state index is -0.763. The number of aliphatic imine (C=N–C) groups is 1. The molecule has 2 heterocycles. The summed E-state index contributed by atoms with van der Waals surface area (Å²) in [5, 5.41) is 6.24. The highest BCUT2D eigenvalue weighted by Gasteiger charge is 3.12. The first-order valence-corrected chi connectivity index (χ1v) is 12.8. The molecule has 178 valence electrons. The summed E-state index contributed by atoms with van der Waals surface area (Å²) in [4.78, 5) is 35.2. The first kappa shape index (κ1) is 20.4. The third-order valence-corrected chi connectivity index (χ3v) is 11.1. The van der Waals surface area contributed by atoms with Gasteiger partial charge in [-0.25, -0.2) is 14.2 Å². The summed E-state index contributed by atoms with van der Waals surface area (Å²) in [6.07, 6.45) is 1.70. The number of methoxy groups -OCH3 is 2. The Balaban J connectivity index is 1.28. The van der Waals surface area contributed by atoms with Crippen molar-refractivity contribution in [1.82, 2.24) is 10.3 Å². The highest BCUT2D eigenvalue weighted by Crippen LogP contribution is 3.11. The second-order valence-corrected chi connectivity index (χ2v) is 11.6. The van der Waals surface area contributed by atoms with Crippen molar-refractivity contribution in [2.45, 2.75) is 6.04 Å². The zero-order valence-corrected chi connectivity index (χ0v) is 20.2. The van der Waals surface area contributed by atoms with Crippen LogP contribution in [0.15, 0.2) is 46.0 Å². The normalized spacial score (nSPS) is 42.2. The molecular weight excluding hydrogens is 493 g/mol. The summed E-state index contributed by atoms with van der Waals surface area (Å²) < 4.78 is 24.3. The average molecular weight is 512 g/mol. The number of thiazole rings is 1. The van der Waals surface area contributed by atoms with Crippen LogP contribution >= 0.6 is 22.9 Å². The van der Waals surface area contributed by atoms with Gasteiger partial charge in [0, 0.05) is 33.3 Å². The Morgan fingerprint density at radius 2 is 1.83 bits per heavy atom. The highest BCUT2D eigenvalue weighted by atomic mass is 35.5. The summed E-state index contributed by atoms with van der Waals surface area (Å²) >= 11 is 7.91. The highest BCUT2D eigenvalue weighted by molar-refractivity contribution is 7.11. The van der Waals surface area contributed by atoms with E-state index in [4.69, 9.17) is 26.1 Å². The number of esters is 2. The molecule has 7 nitrogen and oxygen atoms in total. The first-order chi connectivity index (χ1) is 16.9. The lowest BCUT2D eigenvalue weighted by atomic mass is 8.92. The van der Waals surface area contributed by atoms with Crippen LogP contribution in [-0.2, 0) is 19.1 Å². The van der Waals surface area contributed by atoms with Crippen LogP contribution in [0, 0.1) is 52.2 Å². The van der Waals surface area contributed by atoms with Crippen LogP contribution in [0.25, 0.3) is 0 Å². The van der Waals surface area contributed by atoms with Crippen molar-refractivity contribution in [2.75, 3.05) is 14.2 Å². The van der Waals surface area contributed by atoms with Crippen LogP contribution in [0.4, 0.5) is 4.39 Å². The summed E-state index contributed by atoms with van der Waals surface area (Å²) in [5.74, 6) is 1.50. The number of halogens is 2. The van der Waals surface area contributed by atoms with Gasteiger partial charge in [-0.15, -0.1) is 11.3 Å². The maximum atomic E-state index is 13.9. The Morgan fingerprint density at radius 3 is 2.40 bits per heavy atom. The fourth-order valence-corrected chi connectivity index (χ4v) is 10.1. The van der Waals surface area contributed by atoms with E-state index in [9.17, 15) is 14.0 Å². The van der Waals surface area contributed by atoms with Gasteiger partial charge in [0.1, 0.15) is 11.9 Å². The largest absolute Gasteiger partial charge is 0.469 e. The van der Waals surface area contributed by atoms with E-state index in [1.54, 1.807) is 12.3 Å². The molecule has 1 aliphatic heterocycles. The molecule has 6 fully saturated rings. The lowest BCUT2D eigenvalue weighted by molar-refractivity contribution is -0.633. The summed E-state index contributed by atoms with van der Waals surface area (Å²) in [6.45, 7) is 0. The summed E-state index contributed by atoms with van der Waals surface area (Å²) in [7, 11) is 2.82. The fraction of sp³-hybridized carbons (Fsp3) is 0.440. The van der Waals surface area contributed by atoms with Gasteiger partial charge in [-0.05, 0) is 47.6 Å². The molecule has 6 aliphatic carbocycles. The Hall–Kier alpha value is -2.78. The van der Waals surface area contributed by atoms with Gasteiger partial charge in [-0.3, -0.25) is 9.79 Å². The number of nitrogens with one attached hydrogen (secondary N) is 1. The fourth-order valence-electron chi connectivity index (χ4n) is 9.22. The molecule has 0 unspecified atom stereocenters. The first-order valence-electron chi connectivity index (χ1n) is 11.5. The standard InChI is InChI=1S/C25H19ClFN3O4S/c1-33-22(31)11-18(9-4-3-8(27)7-10(9)26)29-20(21-28-5-6-35-21)30-19(11)24-12-15-13(24)17-14(24)16(12)25(15,17)23(32)34-2/h3-7,12-18H,1-2H3,(H,29,30)/t12?,13?,14?,15?,16?,17?,18-,24?,25?/m0/s1. The molecule has 10 heteroatoms. The van der Waals surface area contributed by atoms with E-state index in [1.165, 1.54) is 37.7 Å². The van der Waals surface area contributed by atoms with E-state index in [0.717, 1.165) is 5.70 Å². The third kappa shape index (κ3) is 1.81. The number of carbonyl (C=O) groups excluding carboxylic acids is 2. The van der Waals surface area contributed by atoms with Gasteiger partial charge in [0.2, 0.25) is 0 Å². The van der Waals surface area contributed by atoms with Gasteiger partial charge < -0.3 is 14.8 Å². The van der Waals surface area contributed by atoms with Gasteiger partial charge in [-0.1, -0.05) is 17.7 Å². The maximum absolute atomic E-state index is 13.9. The van der Waals surface area contributed by atoms with Gasteiger partial charge in [0.15, 0.2) is 10.8 Å². The topological polar surface area (TPSA) is 89.9 Å². The molecule has 0 saturated heterocycles. The minimum absolute atomic E-state index is 0.0747. The SMILES string of the molecule is COC(=O)C1=C(C23C4C5C2C2C3C4C52C(=O)OC)NC(c2nccs2)=N[C@H]1c1ccc(F)cc1Cl. The van der Waals surface area contributed by atoms with Gasteiger partial charge in [0.05, 0.1) is 25.2 Å². The summed E-state index contributed by atoms with van der Waals surface area (Å²) in [5.41, 5.74) is 1.27. The lowest BCUT2D eigenvalue weighted by Crippen LogP contribution is -3.11. The predicted octanol–water partition coefficient (Wildman–Crippen LogP) is 3.36. The number of hydrogen-bond acceptors (Lipinski definition) is 8. The van der Waals surface area contributed by atoms with Crippen LogP contribution in [-0.4, -0.2) is 37.0 Å². The molecule has 7 aliphatic rings. The van der Waals surface area contributed by atoms with Crippen molar-refractivity contribution in [3.8, 4) is 0 Å². The summed E-state index contributed by atoms with van der Waals surface area (Å²) in [6, 6.07) is 3.36. The van der Waals surface area contributed by atoms with Crippen LogP contribution in [0.2, 0.25) is 5.02 Å². The average Bonchev–Trinajstić information content (AvgIpc) is 3.42. The van der Waals surface area contributed by atoms with E-state index in [-0.39, 0.29) is 21.8 Å². The lowest BCUT2D eigenvalue weighted by Gasteiger charge is -3.10. The number of benzene rings is 1. The molecule has 9 rings (SSSR count). The van der Waals surface area contributed by atoms with E-state index < -0.39 is 17.8 Å². The van der Waals surface area contributed by atoms with Gasteiger partial charge in [0.25, 0.3) is 0 Å².